The number of carbonyl (C=O) groups excluding carboxylic acids is 2. The summed E-state index contributed by atoms with van der Waals surface area (Å²) in [6.45, 7) is 2.27. The molecule has 2 aromatic rings. The highest BCUT2D eigenvalue weighted by molar-refractivity contribution is 9.10. The number of aliphatic hydroxyl groups excluding tert-OH is 1. The van der Waals surface area contributed by atoms with E-state index in [2.05, 4.69) is 31.5 Å². The van der Waals surface area contributed by atoms with Gasteiger partial charge in [-0.3, -0.25) is 9.69 Å². The van der Waals surface area contributed by atoms with Crippen LogP contribution in [0.1, 0.15) is 55.1 Å². The van der Waals surface area contributed by atoms with Crippen molar-refractivity contribution in [3.63, 3.8) is 0 Å². The van der Waals surface area contributed by atoms with Gasteiger partial charge in [0.25, 0.3) is 0 Å². The Morgan fingerprint density at radius 1 is 1.34 bits per heavy atom. The number of nitrogens with one attached hydrogen (secondary N) is 2. The number of anilines is 2. The Hall–Kier alpha value is -2.59. The summed E-state index contributed by atoms with van der Waals surface area (Å²) in [5, 5.41) is 25.5. The molecule has 174 valence electrons. The normalized spacial score (nSPS) is 14.2. The minimum absolute atomic E-state index is 0.0112. The largest absolute Gasteiger partial charge is 0.507 e. The molecule has 10 heteroatoms. The summed E-state index contributed by atoms with van der Waals surface area (Å²) < 4.78 is 2.30. The molecule has 0 saturated heterocycles. The summed E-state index contributed by atoms with van der Waals surface area (Å²) >= 11 is 3.33. The van der Waals surface area contributed by atoms with E-state index in [4.69, 9.17) is 0 Å². The molecule has 4 N–H and O–H groups in total. The van der Waals surface area contributed by atoms with E-state index in [1.54, 1.807) is 29.7 Å². The second kappa shape index (κ2) is 11.3. The van der Waals surface area contributed by atoms with Crippen LogP contribution in [0.3, 0.4) is 0 Å². The quantitative estimate of drug-likeness (QED) is 0.385. The Morgan fingerprint density at radius 3 is 2.72 bits per heavy atom. The molecular formula is C22H30BrN5O4. The van der Waals surface area contributed by atoms with Crippen LogP contribution in [-0.4, -0.2) is 57.8 Å². The number of aromatic hydroxyl groups is 1. The zero-order valence-corrected chi connectivity index (χ0v) is 19.8. The van der Waals surface area contributed by atoms with E-state index in [0.29, 0.717) is 29.8 Å². The van der Waals surface area contributed by atoms with Crippen molar-refractivity contribution in [2.45, 2.75) is 51.6 Å². The fourth-order valence-electron chi connectivity index (χ4n) is 3.95. The maximum absolute atomic E-state index is 12.6. The third kappa shape index (κ3) is 5.60. The summed E-state index contributed by atoms with van der Waals surface area (Å²) in [5.74, 6) is 0.836. The summed E-state index contributed by atoms with van der Waals surface area (Å²) in [7, 11) is 0. The van der Waals surface area contributed by atoms with Gasteiger partial charge < -0.3 is 25.4 Å². The fourth-order valence-corrected chi connectivity index (χ4v) is 4.38. The number of urea groups is 1. The van der Waals surface area contributed by atoms with E-state index in [1.807, 2.05) is 0 Å². The second-order valence-electron chi connectivity index (χ2n) is 7.82. The maximum Gasteiger partial charge on any atom is 0.323 e. The molecule has 1 fully saturated rings. The molecular weight excluding hydrogens is 478 g/mol. The first-order chi connectivity index (χ1) is 15.5. The van der Waals surface area contributed by atoms with Gasteiger partial charge in [-0.1, -0.05) is 25.3 Å². The lowest BCUT2D eigenvalue weighted by Gasteiger charge is -2.23. The van der Waals surface area contributed by atoms with Crippen molar-refractivity contribution < 1.29 is 19.8 Å². The van der Waals surface area contributed by atoms with E-state index in [0.717, 1.165) is 31.2 Å². The monoisotopic (exact) mass is 507 g/mol. The number of phenolic OH excluding ortho intramolecular Hbond substituents is 1. The lowest BCUT2D eigenvalue weighted by molar-refractivity contribution is 0.111. The molecule has 0 bridgehead atoms. The number of imidazole rings is 1. The van der Waals surface area contributed by atoms with Crippen molar-refractivity contribution >= 4 is 40.0 Å². The van der Waals surface area contributed by atoms with E-state index < -0.39 is 6.03 Å². The van der Waals surface area contributed by atoms with Crippen molar-refractivity contribution in [1.29, 1.82) is 0 Å². The molecule has 0 aliphatic heterocycles. The zero-order valence-electron chi connectivity index (χ0n) is 18.2. The highest BCUT2D eigenvalue weighted by atomic mass is 79.9. The van der Waals surface area contributed by atoms with Crippen molar-refractivity contribution in [2.75, 3.05) is 29.9 Å². The molecule has 1 aliphatic carbocycles. The van der Waals surface area contributed by atoms with Gasteiger partial charge in [0.1, 0.15) is 11.4 Å². The highest BCUT2D eigenvalue weighted by Crippen LogP contribution is 2.30. The van der Waals surface area contributed by atoms with Crippen LogP contribution in [0.2, 0.25) is 0 Å². The molecule has 0 atom stereocenters. The van der Waals surface area contributed by atoms with E-state index >= 15 is 0 Å². The molecule has 9 nitrogen and oxygen atoms in total. The number of phenols is 1. The fraction of sp³-hybridized carbons (Fsp3) is 0.500. The predicted molar refractivity (Wildman–Crippen MR) is 127 cm³/mol. The number of halogens is 1. The number of aromatic nitrogens is 2. The summed E-state index contributed by atoms with van der Waals surface area (Å²) in [6, 6.07) is 4.95. The van der Waals surface area contributed by atoms with Gasteiger partial charge in [-0.25, -0.2) is 4.79 Å². The average molecular weight is 508 g/mol. The number of aldehydes is 1. The Labute approximate surface area is 196 Å². The second-order valence-corrected chi connectivity index (χ2v) is 8.68. The molecule has 1 aliphatic rings. The smallest absolute Gasteiger partial charge is 0.323 e. The molecule has 32 heavy (non-hydrogen) atoms. The van der Waals surface area contributed by atoms with Crippen LogP contribution in [0.15, 0.2) is 22.7 Å². The molecule has 0 spiro atoms. The number of hydrogen-bond donors (Lipinski definition) is 4. The molecule has 3 rings (SSSR count). The molecule has 1 aromatic heterocycles. The molecule has 2 amide bonds. The van der Waals surface area contributed by atoms with Gasteiger partial charge in [0, 0.05) is 12.6 Å². The number of hydrogen-bond acceptors (Lipinski definition) is 6. The SMILES string of the molecule is CCNC(=O)N(CCO)c1nc(NC2CCCCC2)n(Cc2ccc(O)c(Br)c2)c1C=O. The van der Waals surface area contributed by atoms with Gasteiger partial charge in [0.2, 0.25) is 5.95 Å². The molecule has 0 unspecified atom stereocenters. The summed E-state index contributed by atoms with van der Waals surface area (Å²) in [6.07, 6.45) is 6.19. The van der Waals surface area contributed by atoms with Crippen LogP contribution in [0.4, 0.5) is 16.6 Å². The van der Waals surface area contributed by atoms with Gasteiger partial charge in [-0.15, -0.1) is 0 Å². The minimum Gasteiger partial charge on any atom is -0.507 e. The van der Waals surface area contributed by atoms with Crippen LogP contribution in [-0.2, 0) is 6.54 Å². The number of benzene rings is 1. The lowest BCUT2D eigenvalue weighted by atomic mass is 9.96. The minimum atomic E-state index is -0.425. The Morgan fingerprint density at radius 2 is 2.09 bits per heavy atom. The van der Waals surface area contributed by atoms with Crippen molar-refractivity contribution in [3.8, 4) is 5.75 Å². The van der Waals surface area contributed by atoms with Crippen LogP contribution in [0, 0.1) is 0 Å². The summed E-state index contributed by atoms with van der Waals surface area (Å²) in [4.78, 5) is 30.8. The third-order valence-electron chi connectivity index (χ3n) is 5.54. The zero-order chi connectivity index (χ0) is 23.1. The van der Waals surface area contributed by atoms with Gasteiger partial charge in [0.15, 0.2) is 12.1 Å². The number of nitrogens with zero attached hydrogens (tertiary/aromatic N) is 3. The van der Waals surface area contributed by atoms with Gasteiger partial charge in [0.05, 0.1) is 24.2 Å². The maximum atomic E-state index is 12.6. The highest BCUT2D eigenvalue weighted by Gasteiger charge is 2.27. The van der Waals surface area contributed by atoms with Gasteiger partial charge in [-0.2, -0.15) is 4.98 Å². The number of amides is 2. The number of carbonyl (C=O) groups is 2. The third-order valence-corrected chi connectivity index (χ3v) is 6.18. The Kier molecular flexibility index (Phi) is 8.52. The first-order valence-corrected chi connectivity index (χ1v) is 11.7. The van der Waals surface area contributed by atoms with Crippen molar-refractivity contribution in [1.82, 2.24) is 14.9 Å². The van der Waals surface area contributed by atoms with Crippen LogP contribution >= 0.6 is 15.9 Å². The summed E-state index contributed by atoms with van der Waals surface area (Å²) in [5.41, 5.74) is 1.09. The van der Waals surface area contributed by atoms with Crippen LogP contribution in [0.25, 0.3) is 0 Å². The number of aliphatic hydroxyl groups is 1. The average Bonchev–Trinajstić information content (AvgIpc) is 3.11. The molecule has 1 heterocycles. The topological polar surface area (TPSA) is 120 Å². The van der Waals surface area contributed by atoms with Gasteiger partial charge in [-0.05, 0) is 53.4 Å². The Balaban J connectivity index is 2.04. The lowest BCUT2D eigenvalue weighted by Crippen LogP contribution is -2.42. The van der Waals surface area contributed by atoms with Crippen molar-refractivity contribution in [3.05, 3.63) is 33.9 Å². The first kappa shape index (κ1) is 24.1. The molecule has 1 aromatic carbocycles. The standard InChI is InChI=1S/C22H30BrN5O4/c1-2-24-22(32)27(10-11-29)20-18(14-30)28(13-15-8-9-19(31)17(23)12-15)21(26-20)25-16-6-4-3-5-7-16/h8-9,12,14,16,29,31H,2-7,10-11,13H2,1H3,(H,24,32)(H,25,26). The first-order valence-electron chi connectivity index (χ1n) is 10.9. The van der Waals surface area contributed by atoms with E-state index in [-0.39, 0.29) is 36.5 Å². The van der Waals surface area contributed by atoms with E-state index in [1.165, 1.54) is 11.3 Å². The van der Waals surface area contributed by atoms with E-state index in [9.17, 15) is 19.8 Å². The number of rotatable bonds is 9. The van der Waals surface area contributed by atoms with Crippen LogP contribution < -0.4 is 15.5 Å². The molecule has 0 radical (unpaired) electrons. The Bertz CT molecular complexity index is 943. The molecule has 1 saturated carbocycles. The van der Waals surface area contributed by atoms with Crippen LogP contribution in [0.5, 0.6) is 5.75 Å². The van der Waals surface area contributed by atoms with Gasteiger partial charge >= 0.3 is 6.03 Å². The predicted octanol–water partition coefficient (Wildman–Crippen LogP) is 3.48. The van der Waals surface area contributed by atoms with Crippen molar-refractivity contribution in [2.24, 2.45) is 0 Å².